The summed E-state index contributed by atoms with van der Waals surface area (Å²) in [5, 5.41) is 8.11. The van der Waals surface area contributed by atoms with Crippen molar-refractivity contribution in [1.29, 1.82) is 0 Å². The molecule has 0 unspecified atom stereocenters. The maximum Gasteiger partial charge on any atom is 0.132 e. The molecule has 1 saturated heterocycles. The van der Waals surface area contributed by atoms with Crippen LogP contribution >= 0.6 is 0 Å². The molecule has 7 heteroatoms. The minimum atomic E-state index is -0.306. The highest BCUT2D eigenvalue weighted by Crippen LogP contribution is 2.31. The zero-order chi connectivity index (χ0) is 21.1. The van der Waals surface area contributed by atoms with E-state index in [0.29, 0.717) is 11.3 Å². The normalized spacial score (nSPS) is 18.1. The van der Waals surface area contributed by atoms with Crippen LogP contribution in [-0.4, -0.2) is 45.9 Å². The van der Waals surface area contributed by atoms with Crippen molar-refractivity contribution in [1.82, 2.24) is 20.1 Å². The highest BCUT2D eigenvalue weighted by atomic mass is 19.1. The predicted molar refractivity (Wildman–Crippen MR) is 119 cm³/mol. The third kappa shape index (κ3) is 3.89. The number of H-pyrrole nitrogens is 1. The molecule has 0 radical (unpaired) electrons. The van der Waals surface area contributed by atoms with Crippen LogP contribution in [0.4, 0.5) is 4.39 Å². The number of rotatable bonds is 5. The second-order valence-corrected chi connectivity index (χ2v) is 7.52. The molecule has 0 amide bonds. The number of nitrogens with two attached hydrogens (primary N) is 1. The predicted octanol–water partition coefficient (Wildman–Crippen LogP) is 4.13. The Labute approximate surface area is 175 Å². The molecule has 0 spiro atoms. The van der Waals surface area contributed by atoms with Gasteiger partial charge in [0.1, 0.15) is 11.5 Å². The lowest BCUT2D eigenvalue weighted by Gasteiger charge is -2.34. The number of nitrogens with zero attached hydrogens (tertiary/aromatic N) is 4. The summed E-state index contributed by atoms with van der Waals surface area (Å²) in [4.78, 5) is 10.8. The lowest BCUT2D eigenvalue weighted by Crippen LogP contribution is -2.42. The molecule has 1 aliphatic rings. The van der Waals surface area contributed by atoms with Gasteiger partial charge in [-0.3, -0.25) is 15.1 Å². The zero-order valence-corrected chi connectivity index (χ0v) is 17.0. The largest absolute Gasteiger partial charge is 0.370 e. The number of aromatic amines is 1. The van der Waals surface area contributed by atoms with Crippen molar-refractivity contribution < 1.29 is 4.39 Å². The quantitative estimate of drug-likeness (QED) is 0.495. The lowest BCUT2D eigenvalue weighted by atomic mass is 10.0. The van der Waals surface area contributed by atoms with Crippen LogP contribution in [0.5, 0.6) is 0 Å². The van der Waals surface area contributed by atoms with Gasteiger partial charge in [-0.2, -0.15) is 5.10 Å². The number of hydrogen-bond acceptors (Lipinski definition) is 5. The number of fused-ring (bicyclic) bond motifs is 1. The maximum atomic E-state index is 14.4. The number of aromatic nitrogens is 3. The van der Waals surface area contributed by atoms with Crippen molar-refractivity contribution in [3.63, 3.8) is 0 Å². The summed E-state index contributed by atoms with van der Waals surface area (Å²) < 4.78 is 14.4. The Morgan fingerprint density at radius 2 is 2.23 bits per heavy atom. The minimum Gasteiger partial charge on any atom is -0.370 e. The SMILES string of the molecule is C=N/C=C\C(=C(/C)c1cc2c(-c3ccccc3F)n[nH]c2cn1)N1CCC[C@@H](N)C1. The molecular weight excluding hydrogens is 379 g/mol. The summed E-state index contributed by atoms with van der Waals surface area (Å²) in [6.07, 6.45) is 7.43. The van der Waals surface area contributed by atoms with E-state index in [-0.39, 0.29) is 11.9 Å². The third-order valence-corrected chi connectivity index (χ3v) is 5.48. The fourth-order valence-electron chi connectivity index (χ4n) is 3.93. The van der Waals surface area contributed by atoms with Crippen molar-refractivity contribution in [3.8, 4) is 11.3 Å². The third-order valence-electron chi connectivity index (χ3n) is 5.48. The summed E-state index contributed by atoms with van der Waals surface area (Å²) in [7, 11) is 0. The molecule has 2 aromatic heterocycles. The summed E-state index contributed by atoms with van der Waals surface area (Å²) in [5.74, 6) is -0.306. The van der Waals surface area contributed by atoms with E-state index in [1.54, 1.807) is 30.6 Å². The molecule has 3 N–H and O–H groups in total. The molecule has 3 aromatic rings. The molecular formula is C23H25FN6. The van der Waals surface area contributed by atoms with E-state index < -0.39 is 0 Å². The summed E-state index contributed by atoms with van der Waals surface area (Å²) in [6, 6.07) is 8.74. The number of nitrogens with one attached hydrogen (secondary N) is 1. The number of piperidine rings is 1. The fourth-order valence-corrected chi connectivity index (χ4v) is 3.93. The standard InChI is InChI=1S/C23H25FN6/c1-15(22(9-10-26-2)30-11-5-6-16(25)14-30)20-12-18-21(13-27-20)28-29-23(18)17-7-3-4-8-19(17)24/h3-4,7-10,12-13,16H,2,5-6,11,14,25H2,1H3,(H,28,29)/b10-9-,22-15-/t16-/m1/s1. The van der Waals surface area contributed by atoms with Crippen molar-refractivity contribution in [2.24, 2.45) is 10.7 Å². The van der Waals surface area contributed by atoms with Gasteiger partial charge in [-0.15, -0.1) is 0 Å². The molecule has 1 atom stereocenters. The van der Waals surface area contributed by atoms with Crippen LogP contribution < -0.4 is 5.73 Å². The first-order valence-electron chi connectivity index (χ1n) is 10.0. The Morgan fingerprint density at radius 3 is 3.00 bits per heavy atom. The van der Waals surface area contributed by atoms with Gasteiger partial charge in [0.15, 0.2) is 0 Å². The van der Waals surface area contributed by atoms with Gasteiger partial charge >= 0.3 is 0 Å². The second-order valence-electron chi connectivity index (χ2n) is 7.52. The van der Waals surface area contributed by atoms with Gasteiger partial charge < -0.3 is 10.6 Å². The number of halogens is 1. The summed E-state index contributed by atoms with van der Waals surface area (Å²) in [6.45, 7) is 7.28. The van der Waals surface area contributed by atoms with E-state index in [2.05, 4.69) is 31.8 Å². The molecule has 6 nitrogen and oxygen atoms in total. The Kier molecular flexibility index (Phi) is 5.72. The minimum absolute atomic E-state index is 0.142. The van der Waals surface area contributed by atoms with E-state index in [1.165, 1.54) is 6.07 Å². The monoisotopic (exact) mass is 404 g/mol. The number of hydrogen-bond donors (Lipinski definition) is 2. The van der Waals surface area contributed by atoms with Gasteiger partial charge in [-0.05, 0) is 56.3 Å². The molecule has 1 aliphatic heterocycles. The summed E-state index contributed by atoms with van der Waals surface area (Å²) >= 11 is 0. The summed E-state index contributed by atoms with van der Waals surface area (Å²) in [5.41, 5.74) is 10.8. The molecule has 0 saturated carbocycles. The van der Waals surface area contributed by atoms with E-state index in [4.69, 9.17) is 5.73 Å². The van der Waals surface area contributed by atoms with Gasteiger partial charge in [0.2, 0.25) is 0 Å². The van der Waals surface area contributed by atoms with E-state index >= 15 is 0 Å². The van der Waals surface area contributed by atoms with Crippen LogP contribution in [0.2, 0.25) is 0 Å². The van der Waals surface area contributed by atoms with Gasteiger partial charge in [0.05, 0.1) is 17.4 Å². The Hall–Kier alpha value is -3.32. The van der Waals surface area contributed by atoms with Crippen molar-refractivity contribution in [2.75, 3.05) is 13.1 Å². The number of benzene rings is 1. The van der Waals surface area contributed by atoms with Crippen LogP contribution in [0.25, 0.3) is 27.7 Å². The van der Waals surface area contributed by atoms with E-state index in [9.17, 15) is 4.39 Å². The Balaban J connectivity index is 1.82. The molecule has 0 aliphatic carbocycles. The first-order valence-corrected chi connectivity index (χ1v) is 10.0. The first-order chi connectivity index (χ1) is 14.6. The number of allylic oxidation sites excluding steroid dienone is 2. The molecule has 4 rings (SSSR count). The smallest absolute Gasteiger partial charge is 0.132 e. The lowest BCUT2D eigenvalue weighted by molar-refractivity contribution is 0.267. The van der Waals surface area contributed by atoms with Crippen LogP contribution in [0.1, 0.15) is 25.5 Å². The number of pyridine rings is 1. The topological polar surface area (TPSA) is 83.2 Å². The van der Waals surface area contributed by atoms with Crippen LogP contribution in [-0.2, 0) is 0 Å². The van der Waals surface area contributed by atoms with E-state index in [0.717, 1.165) is 53.8 Å². The molecule has 30 heavy (non-hydrogen) atoms. The van der Waals surface area contributed by atoms with Gasteiger partial charge in [0.25, 0.3) is 0 Å². The molecule has 3 heterocycles. The zero-order valence-electron chi connectivity index (χ0n) is 17.0. The van der Waals surface area contributed by atoms with E-state index in [1.807, 2.05) is 19.1 Å². The highest BCUT2D eigenvalue weighted by molar-refractivity contribution is 5.94. The average molecular weight is 404 g/mol. The van der Waals surface area contributed by atoms with Gasteiger partial charge in [-0.1, -0.05) is 12.1 Å². The number of likely N-dealkylation sites (tertiary alicyclic amines) is 1. The molecule has 0 bridgehead atoms. The first kappa shape index (κ1) is 20.0. The van der Waals surface area contributed by atoms with Crippen molar-refractivity contribution in [3.05, 3.63) is 66.0 Å². The Bertz CT molecular complexity index is 1130. The molecule has 1 fully saturated rings. The highest BCUT2D eigenvalue weighted by Gasteiger charge is 2.20. The van der Waals surface area contributed by atoms with Crippen LogP contribution in [0, 0.1) is 5.82 Å². The maximum absolute atomic E-state index is 14.4. The fraction of sp³-hybridized carbons (Fsp3) is 0.261. The molecule has 1 aromatic carbocycles. The second kappa shape index (κ2) is 8.59. The Morgan fingerprint density at radius 1 is 1.40 bits per heavy atom. The van der Waals surface area contributed by atoms with Crippen LogP contribution in [0.15, 0.2) is 59.5 Å². The van der Waals surface area contributed by atoms with Crippen molar-refractivity contribution in [2.45, 2.75) is 25.8 Å². The van der Waals surface area contributed by atoms with Crippen LogP contribution in [0.3, 0.4) is 0 Å². The van der Waals surface area contributed by atoms with Gasteiger partial charge in [-0.25, -0.2) is 4.39 Å². The average Bonchev–Trinajstić information content (AvgIpc) is 3.17. The molecule has 154 valence electrons. The van der Waals surface area contributed by atoms with Crippen molar-refractivity contribution >= 4 is 23.2 Å². The van der Waals surface area contributed by atoms with Gasteiger partial charge in [0, 0.05) is 42.0 Å². The number of aliphatic imine (C=N–C) groups is 1.